The van der Waals surface area contributed by atoms with Crippen LogP contribution in [0.5, 0.6) is 5.75 Å². The zero-order valence-electron chi connectivity index (χ0n) is 10.6. The molecule has 0 aliphatic heterocycles. The number of hydrogen-bond donors (Lipinski definition) is 1. The van der Waals surface area contributed by atoms with Crippen LogP contribution in [0.15, 0.2) is 30.6 Å². The Morgan fingerprint density at radius 1 is 1.44 bits per heavy atom. The lowest BCUT2D eigenvalue weighted by Gasteiger charge is -2.19. The summed E-state index contributed by atoms with van der Waals surface area (Å²) in [6, 6.07) is 4.26. The third kappa shape index (κ3) is 2.22. The Labute approximate surface area is 105 Å². The van der Waals surface area contributed by atoms with Gasteiger partial charge in [0.15, 0.2) is 0 Å². The molecule has 96 valence electrons. The topological polar surface area (TPSA) is 39.1 Å². The van der Waals surface area contributed by atoms with Gasteiger partial charge in [0, 0.05) is 25.0 Å². The number of aromatic nitrogens is 2. The van der Waals surface area contributed by atoms with E-state index in [1.807, 2.05) is 24.9 Å². The van der Waals surface area contributed by atoms with Gasteiger partial charge in [-0.15, -0.1) is 0 Å². The molecule has 0 aliphatic rings. The summed E-state index contributed by atoms with van der Waals surface area (Å²) in [6.45, 7) is 0. The molecule has 0 radical (unpaired) electrons. The highest BCUT2D eigenvalue weighted by Gasteiger charge is 2.20. The summed E-state index contributed by atoms with van der Waals surface area (Å²) in [4.78, 5) is 4.29. The number of benzene rings is 1. The normalized spacial score (nSPS) is 12.4. The lowest BCUT2D eigenvalue weighted by molar-refractivity contribution is 0.402. The third-order valence-corrected chi connectivity index (χ3v) is 2.91. The molecular weight excluding hydrogens is 233 g/mol. The van der Waals surface area contributed by atoms with E-state index in [0.717, 1.165) is 11.4 Å². The predicted octanol–water partition coefficient (Wildman–Crippen LogP) is 1.88. The quantitative estimate of drug-likeness (QED) is 0.899. The van der Waals surface area contributed by atoms with Crippen molar-refractivity contribution in [2.75, 3.05) is 14.2 Å². The third-order valence-electron chi connectivity index (χ3n) is 2.91. The minimum Gasteiger partial charge on any atom is -0.496 e. The van der Waals surface area contributed by atoms with Crippen LogP contribution in [0.4, 0.5) is 4.39 Å². The van der Waals surface area contributed by atoms with Gasteiger partial charge in [-0.3, -0.25) is 0 Å². The van der Waals surface area contributed by atoms with Crippen molar-refractivity contribution in [3.63, 3.8) is 0 Å². The average Bonchev–Trinajstić information content (AvgIpc) is 2.77. The van der Waals surface area contributed by atoms with Crippen LogP contribution in [-0.4, -0.2) is 23.7 Å². The van der Waals surface area contributed by atoms with Crippen LogP contribution in [0, 0.1) is 5.82 Å². The van der Waals surface area contributed by atoms with Gasteiger partial charge in [-0.25, -0.2) is 9.37 Å². The van der Waals surface area contributed by atoms with Crippen LogP contribution in [0.3, 0.4) is 0 Å². The second kappa shape index (κ2) is 5.18. The zero-order valence-corrected chi connectivity index (χ0v) is 10.6. The predicted molar refractivity (Wildman–Crippen MR) is 67.1 cm³/mol. The Kier molecular flexibility index (Phi) is 3.62. The van der Waals surface area contributed by atoms with E-state index in [2.05, 4.69) is 10.3 Å². The molecule has 2 rings (SSSR count). The molecule has 0 fully saturated rings. The molecule has 5 heteroatoms. The van der Waals surface area contributed by atoms with Crippen LogP contribution in [0.2, 0.25) is 0 Å². The molecule has 0 aliphatic carbocycles. The van der Waals surface area contributed by atoms with E-state index in [1.165, 1.54) is 12.1 Å². The first-order valence-electron chi connectivity index (χ1n) is 5.65. The minimum absolute atomic E-state index is 0.212. The van der Waals surface area contributed by atoms with Gasteiger partial charge in [-0.2, -0.15) is 0 Å². The van der Waals surface area contributed by atoms with E-state index in [-0.39, 0.29) is 11.9 Å². The summed E-state index contributed by atoms with van der Waals surface area (Å²) < 4.78 is 20.6. The SMILES string of the molecule is CNC(c1cc(F)ccc1OC)c1nccn1C. The molecule has 18 heavy (non-hydrogen) atoms. The van der Waals surface area contributed by atoms with Gasteiger partial charge < -0.3 is 14.6 Å². The van der Waals surface area contributed by atoms with Gasteiger partial charge in [0.05, 0.1) is 13.2 Å². The number of nitrogens with zero attached hydrogens (tertiary/aromatic N) is 2. The zero-order chi connectivity index (χ0) is 13.1. The summed E-state index contributed by atoms with van der Waals surface area (Å²) in [5, 5.41) is 3.13. The fourth-order valence-electron chi connectivity index (χ4n) is 2.01. The van der Waals surface area contributed by atoms with E-state index in [0.29, 0.717) is 5.75 Å². The number of aryl methyl sites for hydroxylation is 1. The highest BCUT2D eigenvalue weighted by Crippen LogP contribution is 2.29. The van der Waals surface area contributed by atoms with Crippen LogP contribution in [0.25, 0.3) is 0 Å². The van der Waals surface area contributed by atoms with Crippen molar-refractivity contribution in [2.45, 2.75) is 6.04 Å². The maximum absolute atomic E-state index is 13.4. The summed E-state index contributed by atoms with van der Waals surface area (Å²) in [6.07, 6.45) is 3.57. The molecule has 1 aromatic carbocycles. The lowest BCUT2D eigenvalue weighted by Crippen LogP contribution is -2.22. The van der Waals surface area contributed by atoms with Crippen molar-refractivity contribution in [1.29, 1.82) is 0 Å². The van der Waals surface area contributed by atoms with Crippen LogP contribution < -0.4 is 10.1 Å². The van der Waals surface area contributed by atoms with Gasteiger partial charge in [0.25, 0.3) is 0 Å². The number of hydrogen-bond acceptors (Lipinski definition) is 3. The summed E-state index contributed by atoms with van der Waals surface area (Å²) in [5.41, 5.74) is 0.731. The maximum Gasteiger partial charge on any atom is 0.130 e. The number of halogens is 1. The smallest absolute Gasteiger partial charge is 0.130 e. The molecule has 2 aromatic rings. The molecule has 1 N–H and O–H groups in total. The van der Waals surface area contributed by atoms with Gasteiger partial charge in [0.2, 0.25) is 0 Å². The highest BCUT2D eigenvalue weighted by molar-refractivity contribution is 5.39. The molecule has 0 spiro atoms. The Bertz CT molecular complexity index is 539. The molecule has 1 aromatic heterocycles. The molecule has 1 heterocycles. The summed E-state index contributed by atoms with van der Waals surface area (Å²) in [5.74, 6) is 1.15. The Morgan fingerprint density at radius 3 is 2.78 bits per heavy atom. The maximum atomic E-state index is 13.4. The number of imidazole rings is 1. The van der Waals surface area contributed by atoms with Gasteiger partial charge in [0.1, 0.15) is 17.4 Å². The average molecular weight is 249 g/mol. The van der Waals surface area contributed by atoms with Crippen molar-refractivity contribution < 1.29 is 9.13 Å². The van der Waals surface area contributed by atoms with Crippen molar-refractivity contribution in [2.24, 2.45) is 7.05 Å². The van der Waals surface area contributed by atoms with Crippen molar-refractivity contribution >= 4 is 0 Å². The van der Waals surface area contributed by atoms with E-state index in [4.69, 9.17) is 4.74 Å². The van der Waals surface area contributed by atoms with E-state index in [9.17, 15) is 4.39 Å². The number of methoxy groups -OCH3 is 1. The van der Waals surface area contributed by atoms with Crippen LogP contribution >= 0.6 is 0 Å². The number of rotatable bonds is 4. The first kappa shape index (κ1) is 12.6. The molecule has 1 unspecified atom stereocenters. The summed E-state index contributed by atoms with van der Waals surface area (Å²) >= 11 is 0. The largest absolute Gasteiger partial charge is 0.496 e. The van der Waals surface area contributed by atoms with E-state index >= 15 is 0 Å². The second-order valence-electron chi connectivity index (χ2n) is 4.00. The van der Waals surface area contributed by atoms with Gasteiger partial charge >= 0.3 is 0 Å². The number of ether oxygens (including phenoxy) is 1. The molecule has 0 saturated carbocycles. The Morgan fingerprint density at radius 2 is 2.22 bits per heavy atom. The second-order valence-corrected chi connectivity index (χ2v) is 4.00. The van der Waals surface area contributed by atoms with Crippen LogP contribution in [-0.2, 0) is 7.05 Å². The van der Waals surface area contributed by atoms with Crippen LogP contribution in [0.1, 0.15) is 17.4 Å². The van der Waals surface area contributed by atoms with Crippen molar-refractivity contribution in [1.82, 2.24) is 14.9 Å². The fourth-order valence-corrected chi connectivity index (χ4v) is 2.01. The lowest BCUT2D eigenvalue weighted by atomic mass is 10.0. The number of nitrogens with one attached hydrogen (secondary N) is 1. The Hall–Kier alpha value is -1.88. The first-order valence-corrected chi connectivity index (χ1v) is 5.65. The van der Waals surface area contributed by atoms with E-state index < -0.39 is 0 Å². The minimum atomic E-state index is -0.291. The molecule has 0 saturated heterocycles. The van der Waals surface area contributed by atoms with Crippen molar-refractivity contribution in [3.05, 3.63) is 47.8 Å². The molecule has 4 nitrogen and oxygen atoms in total. The monoisotopic (exact) mass is 249 g/mol. The highest BCUT2D eigenvalue weighted by atomic mass is 19.1. The molecule has 1 atom stereocenters. The molecule has 0 bridgehead atoms. The standard InChI is InChI=1S/C13H16FN3O/c1-15-12(13-16-6-7-17(13)2)10-8-9(14)4-5-11(10)18-3/h4-8,12,15H,1-3H3. The van der Waals surface area contributed by atoms with E-state index in [1.54, 1.807) is 19.4 Å². The first-order chi connectivity index (χ1) is 8.67. The molecular formula is C13H16FN3O. The fraction of sp³-hybridized carbons (Fsp3) is 0.308. The van der Waals surface area contributed by atoms with Gasteiger partial charge in [-0.1, -0.05) is 0 Å². The Balaban J connectivity index is 2.51. The summed E-state index contributed by atoms with van der Waals surface area (Å²) in [7, 11) is 5.28. The van der Waals surface area contributed by atoms with Gasteiger partial charge in [-0.05, 0) is 25.2 Å². The van der Waals surface area contributed by atoms with Crippen molar-refractivity contribution in [3.8, 4) is 5.75 Å². The molecule has 0 amide bonds.